The van der Waals surface area contributed by atoms with Crippen LogP contribution in [0, 0.1) is 23.7 Å². The molecule has 5 aliphatic carbocycles. The maximum Gasteiger partial charge on any atom is 0.135 e. The zero-order chi connectivity index (χ0) is 31.8. The standard InChI is InChI=1S/C48H36O/c1-3-13-39-37(11-1)46(30-18-20-45-41(26-30)36-10-6-8-16-44(36)49-45)38-12-2-4-14-40(38)47(39)31-17-19-35-34-9-5-7-15-42(34)48(43(35)27-31)32-22-28-21-29(24-32)25-33(48)23-28/h1-20,26-29,32-33H,21-25H2. The Hall–Kier alpha value is -5.14. The van der Waals surface area contributed by atoms with Gasteiger partial charge in [-0.05, 0) is 146 Å². The molecular weight excluding hydrogens is 593 g/mol. The van der Waals surface area contributed by atoms with Crippen LogP contribution in [-0.4, -0.2) is 0 Å². The zero-order valence-electron chi connectivity index (χ0n) is 27.5. The van der Waals surface area contributed by atoms with Crippen molar-refractivity contribution >= 4 is 43.5 Å². The lowest BCUT2D eigenvalue weighted by molar-refractivity contribution is -0.0399. The van der Waals surface area contributed by atoms with Crippen LogP contribution < -0.4 is 0 Å². The SMILES string of the molecule is c1ccc2c(c1)-c1ccc(-c3c4ccccc4c(-c4ccc5oc6ccccc6c5c4)c4ccccc34)cc1C21C2CC3CC(C2)CC1C3. The van der Waals surface area contributed by atoms with Gasteiger partial charge < -0.3 is 4.42 Å². The van der Waals surface area contributed by atoms with Crippen molar-refractivity contribution in [3.8, 4) is 33.4 Å². The molecule has 49 heavy (non-hydrogen) atoms. The van der Waals surface area contributed by atoms with E-state index in [1.54, 1.807) is 11.1 Å². The molecule has 4 fully saturated rings. The number of benzene rings is 7. The maximum absolute atomic E-state index is 6.24. The van der Waals surface area contributed by atoms with Crippen molar-refractivity contribution in [2.75, 3.05) is 0 Å². The summed E-state index contributed by atoms with van der Waals surface area (Å²) in [6.07, 6.45) is 7.10. The molecule has 0 aliphatic heterocycles. The second kappa shape index (κ2) is 9.51. The molecule has 8 aromatic rings. The van der Waals surface area contributed by atoms with E-state index in [0.29, 0.717) is 0 Å². The van der Waals surface area contributed by atoms with Crippen LogP contribution in [0.15, 0.2) is 138 Å². The van der Waals surface area contributed by atoms with Gasteiger partial charge in [-0.25, -0.2) is 0 Å². The molecule has 0 unspecified atom stereocenters. The van der Waals surface area contributed by atoms with Crippen molar-refractivity contribution < 1.29 is 4.42 Å². The first-order valence-electron chi connectivity index (χ1n) is 18.4. The summed E-state index contributed by atoms with van der Waals surface area (Å²) in [4.78, 5) is 0. The number of fused-ring (bicyclic) bond motifs is 8. The summed E-state index contributed by atoms with van der Waals surface area (Å²) < 4.78 is 6.24. The van der Waals surface area contributed by atoms with Gasteiger partial charge in [0.25, 0.3) is 0 Å². The first-order chi connectivity index (χ1) is 24.3. The first-order valence-corrected chi connectivity index (χ1v) is 18.4. The average Bonchev–Trinajstić information content (AvgIpc) is 3.65. The van der Waals surface area contributed by atoms with Gasteiger partial charge >= 0.3 is 0 Å². The van der Waals surface area contributed by atoms with Crippen LogP contribution >= 0.6 is 0 Å². The fourth-order valence-corrected chi connectivity index (χ4v) is 11.9. The van der Waals surface area contributed by atoms with Crippen molar-refractivity contribution in [2.24, 2.45) is 23.7 Å². The lowest BCUT2D eigenvalue weighted by Gasteiger charge is -2.61. The van der Waals surface area contributed by atoms with Crippen molar-refractivity contribution in [1.29, 1.82) is 0 Å². The molecule has 5 aliphatic rings. The van der Waals surface area contributed by atoms with Crippen LogP contribution in [0.5, 0.6) is 0 Å². The Morgan fingerprint density at radius 1 is 0.408 bits per heavy atom. The smallest absolute Gasteiger partial charge is 0.135 e. The summed E-state index contributed by atoms with van der Waals surface area (Å²) >= 11 is 0. The first kappa shape index (κ1) is 26.8. The minimum Gasteiger partial charge on any atom is -0.456 e. The molecule has 0 N–H and O–H groups in total. The van der Waals surface area contributed by atoms with E-state index in [9.17, 15) is 0 Å². The van der Waals surface area contributed by atoms with E-state index >= 15 is 0 Å². The predicted octanol–water partition coefficient (Wildman–Crippen LogP) is 12.9. The van der Waals surface area contributed by atoms with Crippen LogP contribution in [0.4, 0.5) is 0 Å². The van der Waals surface area contributed by atoms with E-state index in [4.69, 9.17) is 4.42 Å². The Morgan fingerprint density at radius 3 is 1.59 bits per heavy atom. The normalized spacial score (nSPS) is 24.8. The molecule has 0 radical (unpaired) electrons. The predicted molar refractivity (Wildman–Crippen MR) is 203 cm³/mol. The summed E-state index contributed by atoms with van der Waals surface area (Å²) in [7, 11) is 0. The molecular formula is C48H36O. The average molecular weight is 629 g/mol. The monoisotopic (exact) mass is 628 g/mol. The van der Waals surface area contributed by atoms with Crippen LogP contribution in [0.25, 0.3) is 76.9 Å². The molecule has 0 amide bonds. The molecule has 4 saturated carbocycles. The van der Waals surface area contributed by atoms with E-state index in [2.05, 4.69) is 127 Å². The lowest BCUT2D eigenvalue weighted by Crippen LogP contribution is -2.55. The number of para-hydroxylation sites is 1. The Labute approximate surface area is 286 Å². The summed E-state index contributed by atoms with van der Waals surface area (Å²) in [6, 6.07) is 50.4. The molecule has 7 aromatic carbocycles. The van der Waals surface area contributed by atoms with Crippen molar-refractivity contribution in [3.63, 3.8) is 0 Å². The van der Waals surface area contributed by atoms with E-state index in [0.717, 1.165) is 34.8 Å². The summed E-state index contributed by atoms with van der Waals surface area (Å²) in [5.41, 5.74) is 13.5. The molecule has 13 rings (SSSR count). The highest BCUT2D eigenvalue weighted by Crippen LogP contribution is 2.69. The highest BCUT2D eigenvalue weighted by Gasteiger charge is 2.61. The molecule has 234 valence electrons. The van der Waals surface area contributed by atoms with E-state index in [-0.39, 0.29) is 5.41 Å². The van der Waals surface area contributed by atoms with E-state index in [1.165, 1.54) is 97.8 Å². The number of hydrogen-bond donors (Lipinski definition) is 0. The second-order valence-corrected chi connectivity index (χ2v) is 15.6. The fraction of sp³-hybridized carbons (Fsp3) is 0.208. The number of hydrogen-bond acceptors (Lipinski definition) is 1. The Morgan fingerprint density at radius 2 is 0.918 bits per heavy atom. The van der Waals surface area contributed by atoms with Gasteiger partial charge in [0.05, 0.1) is 0 Å². The number of furan rings is 1. The largest absolute Gasteiger partial charge is 0.456 e. The van der Waals surface area contributed by atoms with Gasteiger partial charge in [-0.15, -0.1) is 0 Å². The van der Waals surface area contributed by atoms with Crippen molar-refractivity contribution in [2.45, 2.75) is 37.5 Å². The summed E-state index contributed by atoms with van der Waals surface area (Å²) in [5.74, 6) is 3.39. The third-order valence-electron chi connectivity index (χ3n) is 13.4. The van der Waals surface area contributed by atoms with Gasteiger partial charge in [0.2, 0.25) is 0 Å². The lowest BCUT2D eigenvalue weighted by atomic mass is 9.43. The molecule has 0 atom stereocenters. The van der Waals surface area contributed by atoms with Gasteiger partial charge in [-0.1, -0.05) is 109 Å². The minimum absolute atomic E-state index is 0.156. The molecule has 1 heteroatoms. The topological polar surface area (TPSA) is 13.1 Å². The molecule has 1 spiro atoms. The van der Waals surface area contributed by atoms with Crippen molar-refractivity contribution in [3.05, 3.63) is 145 Å². The quantitative estimate of drug-likeness (QED) is 0.174. The van der Waals surface area contributed by atoms with Crippen LogP contribution in [0.2, 0.25) is 0 Å². The minimum atomic E-state index is 0.156. The van der Waals surface area contributed by atoms with Crippen LogP contribution in [0.3, 0.4) is 0 Å². The third kappa shape index (κ3) is 3.41. The second-order valence-electron chi connectivity index (χ2n) is 15.6. The van der Waals surface area contributed by atoms with Crippen molar-refractivity contribution in [1.82, 2.24) is 0 Å². The van der Waals surface area contributed by atoms with Gasteiger partial charge in [0.15, 0.2) is 0 Å². The van der Waals surface area contributed by atoms with Gasteiger partial charge in [-0.2, -0.15) is 0 Å². The van der Waals surface area contributed by atoms with E-state index < -0.39 is 0 Å². The molecule has 1 aromatic heterocycles. The van der Waals surface area contributed by atoms with Gasteiger partial charge in [0.1, 0.15) is 11.2 Å². The number of rotatable bonds is 2. The van der Waals surface area contributed by atoms with E-state index in [1.807, 2.05) is 6.07 Å². The Bertz CT molecular complexity index is 2600. The molecule has 1 heterocycles. The Kier molecular flexibility index (Phi) is 5.20. The molecule has 1 nitrogen and oxygen atoms in total. The van der Waals surface area contributed by atoms with Gasteiger partial charge in [-0.3, -0.25) is 0 Å². The highest BCUT2D eigenvalue weighted by atomic mass is 16.3. The van der Waals surface area contributed by atoms with Crippen LogP contribution in [-0.2, 0) is 5.41 Å². The third-order valence-corrected chi connectivity index (χ3v) is 13.4. The molecule has 4 bridgehead atoms. The van der Waals surface area contributed by atoms with Gasteiger partial charge in [0, 0.05) is 16.2 Å². The zero-order valence-corrected chi connectivity index (χ0v) is 27.5. The Balaban J connectivity index is 1.12. The molecule has 0 saturated heterocycles. The highest BCUT2D eigenvalue weighted by molar-refractivity contribution is 6.22. The summed E-state index contributed by atoms with van der Waals surface area (Å²) in [5, 5.41) is 7.59. The van der Waals surface area contributed by atoms with Crippen LogP contribution in [0.1, 0.15) is 43.2 Å². The maximum atomic E-state index is 6.24. The summed E-state index contributed by atoms with van der Waals surface area (Å²) in [6.45, 7) is 0. The fourth-order valence-electron chi connectivity index (χ4n) is 11.9.